The molecular weight excluding hydrogens is 554 g/mol. The zero-order chi connectivity index (χ0) is 28.9. The second-order valence-electron chi connectivity index (χ2n) is 10.4. The number of halogens is 4. The molecule has 0 radical (unpaired) electrons. The van der Waals surface area contributed by atoms with Gasteiger partial charge in [0.15, 0.2) is 5.60 Å². The minimum atomic E-state index is -5.15. The highest BCUT2D eigenvalue weighted by Gasteiger charge is 2.46. The summed E-state index contributed by atoms with van der Waals surface area (Å²) in [6.07, 6.45) is -7.91. The van der Waals surface area contributed by atoms with Gasteiger partial charge in [0.1, 0.15) is 17.1 Å². The first-order valence-corrected chi connectivity index (χ1v) is 13.1. The second kappa shape index (κ2) is 8.79. The maximum atomic E-state index is 14.9. The Morgan fingerprint density at radius 3 is 2.73 bits per heavy atom. The van der Waals surface area contributed by atoms with E-state index >= 15 is 0 Å². The Hall–Kier alpha value is -3.42. The van der Waals surface area contributed by atoms with Crippen LogP contribution in [-0.2, 0) is 39.5 Å². The summed E-state index contributed by atoms with van der Waals surface area (Å²) in [7, 11) is 0. The van der Waals surface area contributed by atoms with Gasteiger partial charge in [0.25, 0.3) is 5.91 Å². The van der Waals surface area contributed by atoms with Crippen LogP contribution < -0.4 is 5.32 Å². The molecule has 0 unspecified atom stereocenters. The minimum absolute atomic E-state index is 0.0177. The summed E-state index contributed by atoms with van der Waals surface area (Å²) >= 11 is 5.73. The predicted octanol–water partition coefficient (Wildman–Crippen LogP) is 3.92. The maximum absolute atomic E-state index is 14.9. The molecule has 6 rings (SSSR count). The van der Waals surface area contributed by atoms with Crippen molar-refractivity contribution >= 4 is 35.0 Å². The fourth-order valence-electron chi connectivity index (χ4n) is 6.10. The molecule has 2 aliphatic heterocycles. The van der Waals surface area contributed by atoms with E-state index in [0.717, 1.165) is 0 Å². The standard InChI is InChI=1S/C27H23F4N3O5S/c1-3-26(38)14-6-18-21-12(8-34(18)24(40)13(14)9-39-25(26)37)20-16(33-23(36)22(35)27(29,30)31)5-4-11-10(2)15(28)7-17(32-21)19(11)20/h6-7,16,22,35,38H,3-5,8-9H2,1-2H3,(H,33,36)/t16-,22+,26-/m0/s1. The lowest BCUT2D eigenvalue weighted by molar-refractivity contribution is -0.205. The number of aromatic nitrogens is 2. The molecule has 13 heteroatoms. The largest absolute Gasteiger partial charge is 0.458 e. The molecule has 0 saturated carbocycles. The molecule has 8 nitrogen and oxygen atoms in total. The van der Waals surface area contributed by atoms with Crippen LogP contribution in [0.25, 0.3) is 22.3 Å². The third kappa shape index (κ3) is 3.63. The number of carbonyl (C=O) groups excluding carboxylic acids is 2. The van der Waals surface area contributed by atoms with Crippen LogP contribution in [0.1, 0.15) is 59.2 Å². The number of ether oxygens (including phenoxy) is 1. The maximum Gasteiger partial charge on any atom is 0.423 e. The van der Waals surface area contributed by atoms with E-state index in [1.807, 2.05) is 0 Å². The average molecular weight is 578 g/mol. The quantitative estimate of drug-likeness (QED) is 0.192. The van der Waals surface area contributed by atoms with Crippen LogP contribution >= 0.6 is 12.2 Å². The van der Waals surface area contributed by atoms with Gasteiger partial charge in [-0.25, -0.2) is 14.2 Å². The van der Waals surface area contributed by atoms with E-state index in [2.05, 4.69) is 5.32 Å². The third-order valence-corrected chi connectivity index (χ3v) is 8.72. The van der Waals surface area contributed by atoms with Crippen molar-refractivity contribution in [2.75, 3.05) is 0 Å². The third-order valence-electron chi connectivity index (χ3n) is 8.25. The number of aliphatic hydroxyl groups is 2. The van der Waals surface area contributed by atoms with Crippen molar-refractivity contribution in [3.8, 4) is 11.4 Å². The summed E-state index contributed by atoms with van der Waals surface area (Å²) in [5.41, 5.74) is 1.87. The van der Waals surface area contributed by atoms with E-state index in [0.29, 0.717) is 44.6 Å². The molecule has 3 aliphatic rings. The molecule has 210 valence electrons. The number of aryl methyl sites for hydroxylation is 1. The zero-order valence-corrected chi connectivity index (χ0v) is 22.1. The Bertz CT molecular complexity index is 1720. The number of carbonyl (C=O) groups is 2. The molecule has 40 heavy (non-hydrogen) atoms. The lowest BCUT2D eigenvalue weighted by Gasteiger charge is -2.32. The van der Waals surface area contributed by atoms with Crippen LogP contribution in [0.15, 0.2) is 12.1 Å². The first kappa shape index (κ1) is 26.8. The Kier molecular flexibility index (Phi) is 5.88. The monoisotopic (exact) mass is 577 g/mol. The molecule has 0 saturated heterocycles. The molecule has 3 N–H and O–H groups in total. The number of rotatable bonds is 3. The van der Waals surface area contributed by atoms with Crippen LogP contribution in [0.4, 0.5) is 17.6 Å². The zero-order valence-electron chi connectivity index (χ0n) is 21.3. The molecule has 3 atom stereocenters. The molecule has 1 aromatic carbocycles. The number of benzene rings is 1. The smallest absolute Gasteiger partial charge is 0.423 e. The van der Waals surface area contributed by atoms with E-state index in [9.17, 15) is 37.4 Å². The number of cyclic esters (lactones) is 1. The van der Waals surface area contributed by atoms with Crippen molar-refractivity contribution in [3.05, 3.63) is 56.0 Å². The lowest BCUT2D eigenvalue weighted by atomic mass is 9.81. The van der Waals surface area contributed by atoms with Gasteiger partial charge in [-0.15, -0.1) is 0 Å². The van der Waals surface area contributed by atoms with E-state index in [-0.39, 0.29) is 48.1 Å². The molecule has 0 bridgehead atoms. The van der Waals surface area contributed by atoms with E-state index in [1.54, 1.807) is 24.5 Å². The van der Waals surface area contributed by atoms with E-state index in [4.69, 9.17) is 21.9 Å². The van der Waals surface area contributed by atoms with E-state index in [1.165, 1.54) is 6.07 Å². The number of hydrogen-bond acceptors (Lipinski definition) is 7. The molecule has 0 spiro atoms. The van der Waals surface area contributed by atoms with Gasteiger partial charge in [-0.2, -0.15) is 13.2 Å². The highest BCUT2D eigenvalue weighted by Crippen LogP contribution is 2.47. The average Bonchev–Trinajstić information content (AvgIpc) is 3.27. The van der Waals surface area contributed by atoms with Crippen LogP contribution in [0, 0.1) is 17.4 Å². The molecule has 3 aromatic rings. The second-order valence-corrected chi connectivity index (χ2v) is 10.7. The predicted molar refractivity (Wildman–Crippen MR) is 135 cm³/mol. The number of amides is 1. The normalized spacial score (nSPS) is 21.9. The molecule has 1 aliphatic carbocycles. The van der Waals surface area contributed by atoms with Crippen LogP contribution in [0.3, 0.4) is 0 Å². The molecule has 4 heterocycles. The van der Waals surface area contributed by atoms with Crippen molar-refractivity contribution in [2.45, 2.75) is 70.2 Å². The molecule has 1 amide bonds. The first-order chi connectivity index (χ1) is 18.8. The van der Waals surface area contributed by atoms with Gasteiger partial charge in [0.2, 0.25) is 6.10 Å². The number of alkyl halides is 3. The number of nitrogens with zero attached hydrogens (tertiary/aromatic N) is 2. The number of hydrogen-bond donors (Lipinski definition) is 3. The van der Waals surface area contributed by atoms with Gasteiger partial charge in [0, 0.05) is 28.1 Å². The lowest BCUT2D eigenvalue weighted by Crippen LogP contribution is -2.45. The van der Waals surface area contributed by atoms with Gasteiger partial charge < -0.3 is 24.8 Å². The van der Waals surface area contributed by atoms with Crippen molar-refractivity contribution in [2.24, 2.45) is 0 Å². The summed E-state index contributed by atoms with van der Waals surface area (Å²) in [5, 5.41) is 23.6. The van der Waals surface area contributed by atoms with E-state index < -0.39 is 41.6 Å². The highest BCUT2D eigenvalue weighted by atomic mass is 32.1. The minimum Gasteiger partial charge on any atom is -0.458 e. The van der Waals surface area contributed by atoms with Crippen LogP contribution in [-0.4, -0.2) is 43.9 Å². The van der Waals surface area contributed by atoms with Gasteiger partial charge in [-0.1, -0.05) is 19.1 Å². The summed E-state index contributed by atoms with van der Waals surface area (Å²) in [6.45, 7) is 3.22. The van der Waals surface area contributed by atoms with Gasteiger partial charge in [-0.3, -0.25) is 4.79 Å². The number of esters is 1. The fourth-order valence-corrected chi connectivity index (χ4v) is 6.43. The SMILES string of the molecule is CC[C@@]1(O)C(=O)OCc2c1cc1n(c2=S)Cc2c-1nc1cc(F)c(C)c3c1c2[C@@H](NC(=O)[C@@H](O)C(F)(F)F)CC3. The number of aliphatic hydroxyl groups excluding tert-OH is 1. The number of nitrogens with one attached hydrogen (secondary N) is 1. The van der Waals surface area contributed by atoms with Crippen LogP contribution in [0.2, 0.25) is 0 Å². The van der Waals surface area contributed by atoms with Gasteiger partial charge in [-0.05, 0) is 48.9 Å². The number of pyridine rings is 2. The van der Waals surface area contributed by atoms with Gasteiger partial charge in [0.05, 0.1) is 29.5 Å². The number of fused-ring (bicyclic) bond motifs is 5. The summed E-state index contributed by atoms with van der Waals surface area (Å²) in [4.78, 5) is 29.7. The van der Waals surface area contributed by atoms with Crippen molar-refractivity contribution in [1.82, 2.24) is 14.9 Å². The summed E-state index contributed by atoms with van der Waals surface area (Å²) in [5.74, 6) is -2.90. The first-order valence-electron chi connectivity index (χ1n) is 12.6. The Labute approximate surface area is 229 Å². The Morgan fingerprint density at radius 1 is 1.32 bits per heavy atom. The van der Waals surface area contributed by atoms with Crippen LogP contribution in [0.5, 0.6) is 0 Å². The fraction of sp³-hybridized carbons (Fsp3) is 0.407. The topological polar surface area (TPSA) is 114 Å². The summed E-state index contributed by atoms with van der Waals surface area (Å²) in [6, 6.07) is 1.90. The highest BCUT2D eigenvalue weighted by molar-refractivity contribution is 7.71. The van der Waals surface area contributed by atoms with Crippen molar-refractivity contribution in [1.29, 1.82) is 0 Å². The summed E-state index contributed by atoms with van der Waals surface area (Å²) < 4.78 is 61.5. The molecular formula is C27H23F4N3O5S. The Balaban J connectivity index is 1.60. The van der Waals surface area contributed by atoms with Gasteiger partial charge >= 0.3 is 12.1 Å². The van der Waals surface area contributed by atoms with Crippen molar-refractivity contribution < 1.29 is 42.1 Å². The Morgan fingerprint density at radius 2 is 2.05 bits per heavy atom. The molecule has 2 aromatic heterocycles. The molecule has 0 fully saturated rings. The van der Waals surface area contributed by atoms with Crippen molar-refractivity contribution in [3.63, 3.8) is 0 Å².